The Balaban J connectivity index is 1.84. The lowest BCUT2D eigenvalue weighted by Gasteiger charge is -2.06. The van der Waals surface area contributed by atoms with E-state index >= 15 is 0 Å². The summed E-state index contributed by atoms with van der Waals surface area (Å²) in [5.41, 5.74) is 3.29. The summed E-state index contributed by atoms with van der Waals surface area (Å²) in [6.07, 6.45) is 2.18. The molecule has 0 spiro atoms. The van der Waals surface area contributed by atoms with Crippen molar-refractivity contribution in [1.29, 1.82) is 0 Å². The van der Waals surface area contributed by atoms with Gasteiger partial charge in [-0.25, -0.2) is 4.68 Å². The molecule has 1 aliphatic carbocycles. The van der Waals surface area contributed by atoms with Gasteiger partial charge in [-0.1, -0.05) is 11.6 Å². The lowest BCUT2D eigenvalue weighted by molar-refractivity contribution is 0.0951. The Kier molecular flexibility index (Phi) is 3.26. The highest BCUT2D eigenvalue weighted by molar-refractivity contribution is 6.31. The first-order chi connectivity index (χ1) is 9.56. The van der Waals surface area contributed by atoms with Gasteiger partial charge in [-0.05, 0) is 51.0 Å². The zero-order valence-electron chi connectivity index (χ0n) is 11.5. The van der Waals surface area contributed by atoms with Crippen molar-refractivity contribution in [3.63, 3.8) is 0 Å². The lowest BCUT2D eigenvalue weighted by atomic mass is 10.2. The monoisotopic (exact) mass is 289 g/mol. The largest absolute Gasteiger partial charge is 0.349 e. The number of halogens is 1. The Bertz CT molecular complexity index is 657. The molecule has 1 aromatic carbocycles. The highest BCUT2D eigenvalue weighted by atomic mass is 35.5. The number of hydrogen-bond acceptors (Lipinski definition) is 2. The number of nitrogens with one attached hydrogen (secondary N) is 1. The van der Waals surface area contributed by atoms with Crippen molar-refractivity contribution in [2.45, 2.75) is 32.7 Å². The number of rotatable bonds is 3. The van der Waals surface area contributed by atoms with E-state index in [0.717, 1.165) is 29.9 Å². The second kappa shape index (κ2) is 4.94. The van der Waals surface area contributed by atoms with Crippen LogP contribution >= 0.6 is 11.6 Å². The summed E-state index contributed by atoms with van der Waals surface area (Å²) in [5, 5.41) is 8.05. The number of carbonyl (C=O) groups excluding carboxylic acids is 1. The minimum Gasteiger partial charge on any atom is -0.349 e. The third-order valence-electron chi connectivity index (χ3n) is 3.49. The minimum absolute atomic E-state index is 0.00884. The van der Waals surface area contributed by atoms with Gasteiger partial charge in [0.15, 0.2) is 0 Å². The first-order valence-corrected chi connectivity index (χ1v) is 7.07. The van der Waals surface area contributed by atoms with Gasteiger partial charge in [-0.2, -0.15) is 5.10 Å². The maximum Gasteiger partial charge on any atom is 0.251 e. The fraction of sp³-hybridized carbons (Fsp3) is 0.333. The van der Waals surface area contributed by atoms with Crippen molar-refractivity contribution in [1.82, 2.24) is 15.1 Å². The van der Waals surface area contributed by atoms with Crippen molar-refractivity contribution >= 4 is 17.5 Å². The van der Waals surface area contributed by atoms with Crippen LogP contribution in [0.5, 0.6) is 0 Å². The predicted octanol–water partition coefficient (Wildman–Crippen LogP) is 3.03. The van der Waals surface area contributed by atoms with Crippen LogP contribution in [0.2, 0.25) is 5.02 Å². The first-order valence-electron chi connectivity index (χ1n) is 6.69. The van der Waals surface area contributed by atoms with Gasteiger partial charge >= 0.3 is 0 Å². The smallest absolute Gasteiger partial charge is 0.251 e. The topological polar surface area (TPSA) is 46.9 Å². The van der Waals surface area contributed by atoms with E-state index in [9.17, 15) is 4.79 Å². The van der Waals surface area contributed by atoms with E-state index in [4.69, 9.17) is 11.6 Å². The zero-order chi connectivity index (χ0) is 14.3. The van der Waals surface area contributed by atoms with Gasteiger partial charge in [-0.3, -0.25) is 4.79 Å². The highest BCUT2D eigenvalue weighted by Crippen LogP contribution is 2.23. The Hall–Kier alpha value is -1.81. The van der Waals surface area contributed by atoms with Crippen LogP contribution in [0.3, 0.4) is 0 Å². The SMILES string of the molecule is Cc1nn(-c2ccc(C(=O)NC3CC3)cc2)c(C)c1Cl. The molecule has 1 aliphatic rings. The molecule has 2 aromatic rings. The van der Waals surface area contributed by atoms with Crippen LogP contribution in [0.4, 0.5) is 0 Å². The number of hydrogen-bond donors (Lipinski definition) is 1. The number of benzene rings is 1. The van der Waals surface area contributed by atoms with E-state index < -0.39 is 0 Å². The molecule has 1 fully saturated rings. The van der Waals surface area contributed by atoms with Crippen molar-refractivity contribution in [2.24, 2.45) is 0 Å². The molecule has 1 saturated carbocycles. The second-order valence-corrected chi connectivity index (χ2v) is 5.57. The minimum atomic E-state index is -0.00884. The number of aromatic nitrogens is 2. The molecule has 1 aromatic heterocycles. The molecule has 3 rings (SSSR count). The van der Waals surface area contributed by atoms with Crippen LogP contribution in [0.25, 0.3) is 5.69 Å². The van der Waals surface area contributed by atoms with Gasteiger partial charge in [0.2, 0.25) is 0 Å². The Labute approximate surface area is 122 Å². The lowest BCUT2D eigenvalue weighted by Crippen LogP contribution is -2.25. The van der Waals surface area contributed by atoms with Crippen molar-refractivity contribution in [3.05, 3.63) is 46.2 Å². The summed E-state index contributed by atoms with van der Waals surface area (Å²) in [7, 11) is 0. The number of aryl methyl sites for hydroxylation is 1. The Morgan fingerprint density at radius 1 is 1.30 bits per heavy atom. The fourth-order valence-electron chi connectivity index (χ4n) is 2.13. The van der Waals surface area contributed by atoms with Crippen LogP contribution in [-0.2, 0) is 0 Å². The standard InChI is InChI=1S/C15H16ClN3O/c1-9-14(16)10(2)19(18-9)13-7-3-11(4-8-13)15(20)17-12-5-6-12/h3-4,7-8,12H,5-6H2,1-2H3,(H,17,20). The van der Waals surface area contributed by atoms with Crippen molar-refractivity contribution < 1.29 is 4.79 Å². The molecule has 5 heteroatoms. The van der Waals surface area contributed by atoms with E-state index in [0.29, 0.717) is 16.6 Å². The average Bonchev–Trinajstić information content (AvgIpc) is 3.22. The molecule has 0 radical (unpaired) electrons. The molecule has 1 heterocycles. The summed E-state index contributed by atoms with van der Waals surface area (Å²) in [6, 6.07) is 7.78. The third kappa shape index (κ3) is 2.43. The predicted molar refractivity (Wildman–Crippen MR) is 78.5 cm³/mol. The van der Waals surface area contributed by atoms with Crippen LogP contribution in [0.15, 0.2) is 24.3 Å². The number of carbonyl (C=O) groups is 1. The van der Waals surface area contributed by atoms with Crippen molar-refractivity contribution in [3.8, 4) is 5.69 Å². The molecule has 1 amide bonds. The highest BCUT2D eigenvalue weighted by Gasteiger charge is 2.23. The fourth-order valence-corrected chi connectivity index (χ4v) is 2.24. The number of nitrogens with zero attached hydrogens (tertiary/aromatic N) is 2. The van der Waals surface area contributed by atoms with Crippen LogP contribution in [0, 0.1) is 13.8 Å². The molecule has 0 atom stereocenters. The summed E-state index contributed by atoms with van der Waals surface area (Å²) in [6.45, 7) is 3.80. The van der Waals surface area contributed by atoms with E-state index in [-0.39, 0.29) is 5.91 Å². The summed E-state index contributed by atoms with van der Waals surface area (Å²) < 4.78 is 1.79. The number of amides is 1. The zero-order valence-corrected chi connectivity index (χ0v) is 12.2. The maximum atomic E-state index is 11.9. The molecule has 0 unspecified atom stereocenters. The molecule has 0 bridgehead atoms. The Morgan fingerprint density at radius 2 is 1.95 bits per heavy atom. The molecule has 4 nitrogen and oxygen atoms in total. The average molecular weight is 290 g/mol. The summed E-state index contributed by atoms with van der Waals surface area (Å²) >= 11 is 6.15. The van der Waals surface area contributed by atoms with E-state index in [1.165, 1.54) is 0 Å². The van der Waals surface area contributed by atoms with Crippen LogP contribution in [0.1, 0.15) is 34.6 Å². The summed E-state index contributed by atoms with van der Waals surface area (Å²) in [5.74, 6) is -0.00884. The molecule has 0 aliphatic heterocycles. The van der Waals surface area contributed by atoms with Gasteiger partial charge in [0.1, 0.15) is 0 Å². The molecular formula is C15H16ClN3O. The van der Waals surface area contributed by atoms with Gasteiger partial charge in [-0.15, -0.1) is 0 Å². The third-order valence-corrected chi connectivity index (χ3v) is 4.04. The van der Waals surface area contributed by atoms with Gasteiger partial charge in [0, 0.05) is 11.6 Å². The van der Waals surface area contributed by atoms with E-state index in [1.54, 1.807) is 4.68 Å². The van der Waals surface area contributed by atoms with E-state index in [1.807, 2.05) is 38.1 Å². The van der Waals surface area contributed by atoms with E-state index in [2.05, 4.69) is 10.4 Å². The normalized spacial score (nSPS) is 14.3. The first kappa shape index (κ1) is 13.2. The maximum absolute atomic E-state index is 11.9. The van der Waals surface area contributed by atoms with Gasteiger partial charge in [0.05, 0.1) is 22.1 Å². The van der Waals surface area contributed by atoms with Crippen LogP contribution < -0.4 is 5.32 Å². The quantitative estimate of drug-likeness (QED) is 0.944. The molecular weight excluding hydrogens is 274 g/mol. The Morgan fingerprint density at radius 3 is 2.45 bits per heavy atom. The second-order valence-electron chi connectivity index (χ2n) is 5.19. The van der Waals surface area contributed by atoms with Gasteiger partial charge in [0.25, 0.3) is 5.91 Å². The summed E-state index contributed by atoms with van der Waals surface area (Å²) in [4.78, 5) is 11.9. The molecule has 0 saturated heterocycles. The molecule has 1 N–H and O–H groups in total. The molecule has 104 valence electrons. The van der Waals surface area contributed by atoms with Crippen LogP contribution in [-0.4, -0.2) is 21.7 Å². The molecule has 20 heavy (non-hydrogen) atoms. The van der Waals surface area contributed by atoms with Gasteiger partial charge < -0.3 is 5.32 Å². The van der Waals surface area contributed by atoms with Crippen molar-refractivity contribution in [2.75, 3.05) is 0 Å².